The van der Waals surface area contributed by atoms with Gasteiger partial charge < -0.3 is 19.1 Å². The first-order chi connectivity index (χ1) is 12.8. The van der Waals surface area contributed by atoms with E-state index in [1.165, 1.54) is 6.92 Å². The van der Waals surface area contributed by atoms with E-state index in [2.05, 4.69) is 13.8 Å². The van der Waals surface area contributed by atoms with E-state index in [0.717, 1.165) is 37.7 Å². The zero-order valence-corrected chi connectivity index (χ0v) is 16.5. The number of fused-ring (bicyclic) bond motifs is 1. The number of furan rings is 1. The number of rotatable bonds is 6. The van der Waals surface area contributed by atoms with Crippen molar-refractivity contribution in [2.75, 3.05) is 6.61 Å². The summed E-state index contributed by atoms with van der Waals surface area (Å²) in [5.41, 5.74) is 0.790. The van der Waals surface area contributed by atoms with Crippen LogP contribution < -0.4 is 5.11 Å². The molecule has 5 heteroatoms. The number of carboxylic acids is 1. The van der Waals surface area contributed by atoms with Crippen molar-refractivity contribution >= 4 is 11.9 Å². The van der Waals surface area contributed by atoms with Gasteiger partial charge in [0.2, 0.25) is 0 Å². The molecule has 0 aliphatic heterocycles. The van der Waals surface area contributed by atoms with Gasteiger partial charge in [-0.05, 0) is 73.0 Å². The van der Waals surface area contributed by atoms with E-state index < -0.39 is 11.4 Å². The second-order valence-corrected chi connectivity index (χ2v) is 8.55. The number of esters is 1. The van der Waals surface area contributed by atoms with E-state index in [0.29, 0.717) is 17.9 Å². The Morgan fingerprint density at radius 1 is 1.37 bits per heavy atom. The van der Waals surface area contributed by atoms with Crippen LogP contribution in [-0.2, 0) is 20.7 Å². The molecular formula is C22H29O5-. The number of aryl methyl sites for hydroxylation is 1. The number of allylic oxidation sites excluding steroid dienone is 1. The largest absolute Gasteiger partial charge is 0.545 e. The summed E-state index contributed by atoms with van der Waals surface area (Å²) >= 11 is 0. The number of carbonyl (C=O) groups excluding carboxylic acids is 2. The van der Waals surface area contributed by atoms with Crippen LogP contribution in [0, 0.1) is 22.7 Å². The Morgan fingerprint density at radius 2 is 2.15 bits per heavy atom. The summed E-state index contributed by atoms with van der Waals surface area (Å²) in [6, 6.07) is 1.98. The molecule has 1 saturated carbocycles. The molecule has 1 aromatic heterocycles. The molecule has 0 N–H and O–H groups in total. The SMILES string of the molecule is CC(=O)OC[C@]12CC[C@@H](C)[C@](C)(CCc3ccoc3)[C@@H]1CCC=C2C(=O)[O-]. The molecule has 1 aromatic rings. The average molecular weight is 373 g/mol. The van der Waals surface area contributed by atoms with Crippen molar-refractivity contribution in [1.29, 1.82) is 0 Å². The van der Waals surface area contributed by atoms with Crippen LogP contribution in [0.5, 0.6) is 0 Å². The second-order valence-electron chi connectivity index (χ2n) is 8.55. The predicted octanol–water partition coefficient (Wildman–Crippen LogP) is 3.28. The molecular weight excluding hydrogens is 344 g/mol. The van der Waals surface area contributed by atoms with Gasteiger partial charge in [-0.3, -0.25) is 4.79 Å². The van der Waals surface area contributed by atoms with E-state index in [-0.39, 0.29) is 23.9 Å². The zero-order valence-electron chi connectivity index (χ0n) is 16.5. The summed E-state index contributed by atoms with van der Waals surface area (Å²) in [6.45, 7) is 6.05. The molecule has 4 atom stereocenters. The molecule has 0 aromatic carbocycles. The normalized spacial score (nSPS) is 33.1. The Bertz CT molecular complexity index is 719. The van der Waals surface area contributed by atoms with Crippen LogP contribution in [0.3, 0.4) is 0 Å². The van der Waals surface area contributed by atoms with Crippen molar-refractivity contribution in [3.05, 3.63) is 35.8 Å². The summed E-state index contributed by atoms with van der Waals surface area (Å²) in [5.74, 6) is -0.900. The lowest BCUT2D eigenvalue weighted by Crippen LogP contribution is -2.56. The first-order valence-electron chi connectivity index (χ1n) is 9.86. The molecule has 0 saturated heterocycles. The maximum Gasteiger partial charge on any atom is 0.302 e. The molecule has 148 valence electrons. The Hall–Kier alpha value is -2.04. The fourth-order valence-corrected chi connectivity index (χ4v) is 5.52. The third-order valence-corrected chi connectivity index (χ3v) is 7.24. The standard InChI is InChI=1S/C22H30O5/c1-15-7-11-22(14-27-16(2)23)18(20(24)25)5-4-6-19(22)21(15,3)10-8-17-9-12-26-13-17/h5,9,12-13,15,19H,4,6-8,10-11,14H2,1-3H3,(H,24,25)/p-1/t15-,19+,21+,22+/m1/s1. The van der Waals surface area contributed by atoms with Crippen molar-refractivity contribution < 1.29 is 23.8 Å². The van der Waals surface area contributed by atoms with Gasteiger partial charge in [0.25, 0.3) is 0 Å². The van der Waals surface area contributed by atoms with E-state index in [1.54, 1.807) is 18.6 Å². The second kappa shape index (κ2) is 7.53. The monoisotopic (exact) mass is 373 g/mol. The summed E-state index contributed by atoms with van der Waals surface area (Å²) in [7, 11) is 0. The van der Waals surface area contributed by atoms with E-state index in [1.807, 2.05) is 6.07 Å². The molecule has 5 nitrogen and oxygen atoms in total. The third-order valence-electron chi connectivity index (χ3n) is 7.24. The topological polar surface area (TPSA) is 79.6 Å². The summed E-state index contributed by atoms with van der Waals surface area (Å²) in [4.78, 5) is 23.5. The summed E-state index contributed by atoms with van der Waals surface area (Å²) < 4.78 is 10.6. The fraction of sp³-hybridized carbons (Fsp3) is 0.636. The molecule has 0 spiro atoms. The van der Waals surface area contributed by atoms with Gasteiger partial charge in [-0.15, -0.1) is 0 Å². The number of carboxylic acid groups (broad SMARTS) is 1. The molecule has 27 heavy (non-hydrogen) atoms. The van der Waals surface area contributed by atoms with Gasteiger partial charge in [-0.25, -0.2) is 0 Å². The lowest BCUT2D eigenvalue weighted by atomic mass is 9.46. The van der Waals surface area contributed by atoms with Crippen LogP contribution >= 0.6 is 0 Å². The predicted molar refractivity (Wildman–Crippen MR) is 98.4 cm³/mol. The van der Waals surface area contributed by atoms with E-state index in [9.17, 15) is 14.7 Å². The molecule has 1 heterocycles. The van der Waals surface area contributed by atoms with Crippen molar-refractivity contribution in [3.8, 4) is 0 Å². The average Bonchev–Trinajstić information content (AvgIpc) is 3.15. The minimum Gasteiger partial charge on any atom is -0.545 e. The number of carbonyl (C=O) groups is 2. The summed E-state index contributed by atoms with van der Waals surface area (Å²) in [5, 5.41) is 12.0. The number of hydrogen-bond donors (Lipinski definition) is 0. The third kappa shape index (κ3) is 3.56. The molecule has 3 rings (SSSR count). The van der Waals surface area contributed by atoms with Gasteiger partial charge >= 0.3 is 5.97 Å². The van der Waals surface area contributed by atoms with Crippen LogP contribution in [-0.4, -0.2) is 18.5 Å². The molecule has 0 radical (unpaired) electrons. The maximum absolute atomic E-state index is 12.0. The highest BCUT2D eigenvalue weighted by Gasteiger charge is 2.56. The van der Waals surface area contributed by atoms with Crippen LogP contribution in [0.25, 0.3) is 0 Å². The highest BCUT2D eigenvalue weighted by atomic mass is 16.5. The van der Waals surface area contributed by atoms with E-state index >= 15 is 0 Å². The Balaban J connectivity index is 1.96. The first-order valence-corrected chi connectivity index (χ1v) is 9.86. The zero-order chi connectivity index (χ0) is 19.7. The quantitative estimate of drug-likeness (QED) is 0.715. The minimum atomic E-state index is -1.13. The van der Waals surface area contributed by atoms with Gasteiger partial charge in [-0.1, -0.05) is 19.9 Å². The van der Waals surface area contributed by atoms with Crippen molar-refractivity contribution in [1.82, 2.24) is 0 Å². The van der Waals surface area contributed by atoms with Gasteiger partial charge in [0, 0.05) is 12.3 Å². The Labute approximate surface area is 160 Å². The molecule has 1 fully saturated rings. The van der Waals surface area contributed by atoms with Crippen LogP contribution in [0.4, 0.5) is 0 Å². The number of ether oxygens (including phenoxy) is 1. The van der Waals surface area contributed by atoms with Crippen LogP contribution in [0.2, 0.25) is 0 Å². The van der Waals surface area contributed by atoms with Crippen LogP contribution in [0.1, 0.15) is 58.4 Å². The molecule has 0 bridgehead atoms. The Morgan fingerprint density at radius 3 is 2.78 bits per heavy atom. The van der Waals surface area contributed by atoms with E-state index in [4.69, 9.17) is 9.15 Å². The number of aliphatic carboxylic acids is 1. The maximum atomic E-state index is 12.0. The molecule has 0 amide bonds. The lowest BCUT2D eigenvalue weighted by molar-refractivity contribution is -0.302. The fourth-order valence-electron chi connectivity index (χ4n) is 5.52. The first kappa shape index (κ1) is 19.7. The molecule has 0 unspecified atom stereocenters. The smallest absolute Gasteiger partial charge is 0.302 e. The van der Waals surface area contributed by atoms with Gasteiger partial charge in [0.15, 0.2) is 0 Å². The van der Waals surface area contributed by atoms with Gasteiger partial charge in [0.1, 0.15) is 6.61 Å². The molecule has 2 aliphatic carbocycles. The van der Waals surface area contributed by atoms with Crippen LogP contribution in [0.15, 0.2) is 34.7 Å². The molecule has 2 aliphatic rings. The van der Waals surface area contributed by atoms with Crippen molar-refractivity contribution in [3.63, 3.8) is 0 Å². The Kier molecular flexibility index (Phi) is 5.50. The van der Waals surface area contributed by atoms with Gasteiger partial charge in [0.05, 0.1) is 18.5 Å². The van der Waals surface area contributed by atoms with Gasteiger partial charge in [-0.2, -0.15) is 0 Å². The number of hydrogen-bond acceptors (Lipinski definition) is 5. The summed E-state index contributed by atoms with van der Waals surface area (Å²) in [6.07, 6.45) is 10.3. The highest BCUT2D eigenvalue weighted by Crippen LogP contribution is 2.62. The highest BCUT2D eigenvalue weighted by molar-refractivity contribution is 5.87. The lowest BCUT2D eigenvalue weighted by Gasteiger charge is -2.59. The van der Waals surface area contributed by atoms with Crippen molar-refractivity contribution in [2.45, 2.75) is 59.3 Å². The van der Waals surface area contributed by atoms with Crippen molar-refractivity contribution in [2.24, 2.45) is 22.7 Å². The minimum absolute atomic E-state index is 0.0510.